The second-order valence-corrected chi connectivity index (χ2v) is 8.72. The Kier molecular flexibility index (Phi) is 3.23. The summed E-state index contributed by atoms with van der Waals surface area (Å²) in [6.45, 7) is 4.75. The Morgan fingerprint density at radius 2 is 1.52 bits per heavy atom. The minimum absolute atomic E-state index is 0.0848. The molecule has 0 aromatic heterocycles. The van der Waals surface area contributed by atoms with E-state index in [2.05, 4.69) is 13.8 Å². The zero-order chi connectivity index (χ0) is 14.8. The van der Waals surface area contributed by atoms with E-state index in [9.17, 15) is 10.2 Å². The van der Waals surface area contributed by atoms with E-state index in [1.54, 1.807) is 0 Å². The SMILES string of the molecule is CC12CCC3C(CCC4OC(O)CCC43C)C1CCC2O. The van der Waals surface area contributed by atoms with Crippen LogP contribution >= 0.6 is 0 Å². The average molecular weight is 294 g/mol. The predicted molar refractivity (Wildman–Crippen MR) is 80.5 cm³/mol. The molecule has 4 fully saturated rings. The largest absolute Gasteiger partial charge is 0.393 e. The molecule has 0 aromatic rings. The van der Waals surface area contributed by atoms with Crippen molar-refractivity contribution in [2.75, 3.05) is 0 Å². The van der Waals surface area contributed by atoms with Crippen LogP contribution in [0.5, 0.6) is 0 Å². The van der Waals surface area contributed by atoms with Crippen LogP contribution in [0.25, 0.3) is 0 Å². The van der Waals surface area contributed by atoms with Gasteiger partial charge in [-0.15, -0.1) is 0 Å². The Bertz CT molecular complexity index is 425. The van der Waals surface area contributed by atoms with Crippen LogP contribution in [0.3, 0.4) is 0 Å². The number of ether oxygens (including phenoxy) is 1. The molecule has 4 aliphatic rings. The van der Waals surface area contributed by atoms with E-state index in [4.69, 9.17) is 4.74 Å². The van der Waals surface area contributed by atoms with E-state index >= 15 is 0 Å². The molecule has 120 valence electrons. The molecule has 0 radical (unpaired) electrons. The second-order valence-electron chi connectivity index (χ2n) is 8.72. The summed E-state index contributed by atoms with van der Waals surface area (Å²) in [5.41, 5.74) is 0.413. The van der Waals surface area contributed by atoms with Gasteiger partial charge in [0.15, 0.2) is 6.29 Å². The van der Waals surface area contributed by atoms with Crippen molar-refractivity contribution < 1.29 is 14.9 Å². The summed E-state index contributed by atoms with van der Waals surface area (Å²) in [4.78, 5) is 0. The molecule has 1 saturated heterocycles. The number of rotatable bonds is 0. The van der Waals surface area contributed by atoms with Gasteiger partial charge in [-0.1, -0.05) is 13.8 Å². The van der Waals surface area contributed by atoms with Gasteiger partial charge >= 0.3 is 0 Å². The van der Waals surface area contributed by atoms with Gasteiger partial charge in [0.2, 0.25) is 0 Å². The Hall–Kier alpha value is -0.120. The molecule has 8 unspecified atom stereocenters. The van der Waals surface area contributed by atoms with E-state index in [-0.39, 0.29) is 23.0 Å². The molecule has 0 spiro atoms. The molecule has 3 saturated carbocycles. The van der Waals surface area contributed by atoms with E-state index in [0.29, 0.717) is 5.92 Å². The Labute approximate surface area is 128 Å². The fourth-order valence-electron chi connectivity index (χ4n) is 6.66. The lowest BCUT2D eigenvalue weighted by Gasteiger charge is -2.60. The average Bonchev–Trinajstić information content (AvgIpc) is 2.76. The summed E-state index contributed by atoms with van der Waals surface area (Å²) in [5.74, 6) is 2.20. The maximum Gasteiger partial charge on any atom is 0.154 e. The molecule has 0 aromatic carbocycles. The number of hydrogen-bond acceptors (Lipinski definition) is 3. The lowest BCUT2D eigenvalue weighted by atomic mass is 9.48. The molecular weight excluding hydrogens is 264 g/mol. The summed E-state index contributed by atoms with van der Waals surface area (Å²) in [5, 5.41) is 20.3. The van der Waals surface area contributed by atoms with Gasteiger partial charge in [0, 0.05) is 0 Å². The third-order valence-electron chi connectivity index (χ3n) is 7.98. The molecule has 3 nitrogen and oxygen atoms in total. The summed E-state index contributed by atoms with van der Waals surface area (Å²) in [6, 6.07) is 0. The first-order valence-electron chi connectivity index (χ1n) is 8.97. The number of hydrogen-bond donors (Lipinski definition) is 2. The molecule has 4 rings (SSSR count). The number of aliphatic hydroxyl groups is 2. The van der Waals surface area contributed by atoms with Crippen LogP contribution in [0.4, 0.5) is 0 Å². The highest BCUT2D eigenvalue weighted by molar-refractivity contribution is 5.09. The van der Waals surface area contributed by atoms with Crippen molar-refractivity contribution >= 4 is 0 Å². The van der Waals surface area contributed by atoms with Gasteiger partial charge in [0.25, 0.3) is 0 Å². The minimum Gasteiger partial charge on any atom is -0.393 e. The Morgan fingerprint density at radius 3 is 2.33 bits per heavy atom. The molecule has 1 heterocycles. The summed E-state index contributed by atoms with van der Waals surface area (Å²) in [6.07, 6.45) is 8.46. The van der Waals surface area contributed by atoms with Gasteiger partial charge in [-0.2, -0.15) is 0 Å². The van der Waals surface area contributed by atoms with E-state index in [1.807, 2.05) is 0 Å². The molecule has 3 aliphatic carbocycles. The fourth-order valence-corrected chi connectivity index (χ4v) is 6.66. The predicted octanol–water partition coefficient (Wildman–Crippen LogP) is 3.09. The fraction of sp³-hybridized carbons (Fsp3) is 1.00. The third kappa shape index (κ3) is 1.90. The standard InChI is InChI=1S/C18H30O3/c1-17-9-7-13-11(12(17)4-5-14(17)19)3-6-15-18(13,2)10-8-16(20)21-15/h11-16,19-20H,3-10H2,1-2H3. The molecule has 3 heteroatoms. The van der Waals surface area contributed by atoms with Crippen molar-refractivity contribution in [2.45, 2.75) is 83.7 Å². The van der Waals surface area contributed by atoms with E-state index in [0.717, 1.165) is 37.5 Å². The van der Waals surface area contributed by atoms with Gasteiger partial charge in [-0.05, 0) is 80.0 Å². The van der Waals surface area contributed by atoms with Crippen LogP contribution in [-0.4, -0.2) is 28.7 Å². The number of aliphatic hydroxyl groups excluding tert-OH is 2. The van der Waals surface area contributed by atoms with Gasteiger partial charge < -0.3 is 14.9 Å². The van der Waals surface area contributed by atoms with Crippen molar-refractivity contribution in [3.8, 4) is 0 Å². The van der Waals surface area contributed by atoms with Crippen LogP contribution in [0, 0.1) is 28.6 Å². The smallest absolute Gasteiger partial charge is 0.154 e. The topological polar surface area (TPSA) is 49.7 Å². The van der Waals surface area contributed by atoms with Gasteiger partial charge in [-0.25, -0.2) is 0 Å². The summed E-state index contributed by atoms with van der Waals surface area (Å²) < 4.78 is 5.91. The van der Waals surface area contributed by atoms with E-state index in [1.165, 1.54) is 25.7 Å². The third-order valence-corrected chi connectivity index (χ3v) is 7.98. The van der Waals surface area contributed by atoms with Crippen LogP contribution in [0.1, 0.15) is 65.2 Å². The molecule has 2 N–H and O–H groups in total. The lowest BCUT2D eigenvalue weighted by molar-refractivity contribution is -0.249. The minimum atomic E-state index is -0.540. The quantitative estimate of drug-likeness (QED) is 0.722. The first-order chi connectivity index (χ1) is 9.95. The first-order valence-corrected chi connectivity index (χ1v) is 8.97. The van der Waals surface area contributed by atoms with Gasteiger partial charge in [-0.3, -0.25) is 0 Å². The zero-order valence-electron chi connectivity index (χ0n) is 13.4. The van der Waals surface area contributed by atoms with Crippen molar-refractivity contribution in [1.29, 1.82) is 0 Å². The van der Waals surface area contributed by atoms with Crippen LogP contribution in [0.2, 0.25) is 0 Å². The Balaban J connectivity index is 1.62. The van der Waals surface area contributed by atoms with Crippen molar-refractivity contribution in [1.82, 2.24) is 0 Å². The van der Waals surface area contributed by atoms with Crippen LogP contribution in [-0.2, 0) is 4.74 Å². The molecule has 21 heavy (non-hydrogen) atoms. The molecule has 0 amide bonds. The molecular formula is C18H30O3. The van der Waals surface area contributed by atoms with Gasteiger partial charge in [0.05, 0.1) is 12.2 Å². The van der Waals surface area contributed by atoms with Crippen LogP contribution in [0.15, 0.2) is 0 Å². The van der Waals surface area contributed by atoms with Crippen molar-refractivity contribution in [3.05, 3.63) is 0 Å². The second kappa shape index (κ2) is 4.69. The highest BCUT2D eigenvalue weighted by atomic mass is 16.6. The lowest BCUT2D eigenvalue weighted by Crippen LogP contribution is -2.57. The number of fused-ring (bicyclic) bond motifs is 5. The van der Waals surface area contributed by atoms with Crippen LogP contribution < -0.4 is 0 Å². The maximum absolute atomic E-state index is 10.4. The maximum atomic E-state index is 10.4. The highest BCUT2D eigenvalue weighted by Crippen LogP contribution is 2.64. The van der Waals surface area contributed by atoms with Crippen molar-refractivity contribution in [2.24, 2.45) is 28.6 Å². The zero-order valence-corrected chi connectivity index (χ0v) is 13.4. The summed E-state index contributed by atoms with van der Waals surface area (Å²) >= 11 is 0. The highest BCUT2D eigenvalue weighted by Gasteiger charge is 2.60. The molecule has 8 atom stereocenters. The molecule has 0 bridgehead atoms. The normalized spacial score (nSPS) is 60.0. The first kappa shape index (κ1) is 14.5. The Morgan fingerprint density at radius 1 is 0.810 bits per heavy atom. The van der Waals surface area contributed by atoms with Crippen molar-refractivity contribution in [3.63, 3.8) is 0 Å². The van der Waals surface area contributed by atoms with E-state index < -0.39 is 6.29 Å². The van der Waals surface area contributed by atoms with Gasteiger partial charge in [0.1, 0.15) is 0 Å². The monoisotopic (exact) mass is 294 g/mol. The molecule has 1 aliphatic heterocycles. The summed E-state index contributed by atoms with van der Waals surface area (Å²) in [7, 11) is 0.